The summed E-state index contributed by atoms with van der Waals surface area (Å²) in [6, 6.07) is 7.02. The van der Waals surface area contributed by atoms with Crippen LogP contribution in [-0.2, 0) is 13.0 Å². The van der Waals surface area contributed by atoms with Crippen molar-refractivity contribution in [3.63, 3.8) is 0 Å². The molecule has 1 aromatic heterocycles. The van der Waals surface area contributed by atoms with Crippen molar-refractivity contribution in [2.24, 2.45) is 0 Å². The van der Waals surface area contributed by atoms with E-state index in [9.17, 15) is 4.79 Å². The van der Waals surface area contributed by atoms with Gasteiger partial charge < -0.3 is 5.32 Å². The van der Waals surface area contributed by atoms with E-state index in [1.165, 1.54) is 0 Å². The lowest BCUT2D eigenvalue weighted by Gasteiger charge is -2.16. The number of hydrogen-bond acceptors (Lipinski definition) is 2. The molecule has 1 N–H and O–H groups in total. The second kappa shape index (κ2) is 5.64. The van der Waals surface area contributed by atoms with Gasteiger partial charge in [0.15, 0.2) is 0 Å². The van der Waals surface area contributed by atoms with E-state index in [-0.39, 0.29) is 5.91 Å². The van der Waals surface area contributed by atoms with Gasteiger partial charge in [-0.25, -0.2) is 0 Å². The van der Waals surface area contributed by atoms with E-state index in [0.717, 1.165) is 39.8 Å². The van der Waals surface area contributed by atoms with E-state index in [2.05, 4.69) is 37.2 Å². The SMILES string of the molecule is O=C(c1cccc(Cl)c1)n1c(Br)c(Br)c2c1CCNC2. The fourth-order valence-electron chi connectivity index (χ4n) is 2.43. The van der Waals surface area contributed by atoms with E-state index < -0.39 is 0 Å². The number of halogens is 3. The van der Waals surface area contributed by atoms with Crippen LogP contribution >= 0.6 is 43.5 Å². The standard InChI is InChI=1S/C14H11Br2ClN2O/c15-12-10-7-18-5-4-11(10)19(13(12)16)14(20)8-2-1-3-9(17)6-8/h1-3,6,18H,4-5,7H2. The smallest absolute Gasteiger partial charge is 0.263 e. The number of rotatable bonds is 1. The number of nitrogens with zero attached hydrogens (tertiary/aromatic N) is 1. The van der Waals surface area contributed by atoms with Gasteiger partial charge in [0.2, 0.25) is 0 Å². The van der Waals surface area contributed by atoms with Gasteiger partial charge in [-0.05, 0) is 50.1 Å². The zero-order chi connectivity index (χ0) is 14.3. The van der Waals surface area contributed by atoms with Crippen molar-refractivity contribution in [3.05, 3.63) is 55.2 Å². The van der Waals surface area contributed by atoms with Gasteiger partial charge in [0.25, 0.3) is 5.91 Å². The maximum atomic E-state index is 12.7. The molecule has 0 spiro atoms. The minimum absolute atomic E-state index is 0.0665. The summed E-state index contributed by atoms with van der Waals surface area (Å²) in [6.45, 7) is 1.64. The summed E-state index contributed by atoms with van der Waals surface area (Å²) in [4.78, 5) is 12.7. The number of benzene rings is 1. The predicted molar refractivity (Wildman–Crippen MR) is 86.4 cm³/mol. The Morgan fingerprint density at radius 2 is 2.15 bits per heavy atom. The van der Waals surface area contributed by atoms with E-state index in [1.807, 2.05) is 0 Å². The number of hydrogen-bond donors (Lipinski definition) is 1. The lowest BCUT2D eigenvalue weighted by molar-refractivity contribution is 0.0954. The molecule has 0 bridgehead atoms. The fraction of sp³-hybridized carbons (Fsp3) is 0.214. The zero-order valence-corrected chi connectivity index (χ0v) is 14.3. The molecule has 0 radical (unpaired) electrons. The van der Waals surface area contributed by atoms with E-state index >= 15 is 0 Å². The molecule has 0 amide bonds. The Morgan fingerprint density at radius 3 is 2.90 bits per heavy atom. The summed E-state index contributed by atoms with van der Waals surface area (Å²) >= 11 is 13.0. The third-order valence-corrected chi connectivity index (χ3v) is 5.75. The van der Waals surface area contributed by atoms with Crippen molar-refractivity contribution in [1.29, 1.82) is 0 Å². The summed E-state index contributed by atoms with van der Waals surface area (Å²) in [5, 5.41) is 3.88. The first-order valence-corrected chi connectivity index (χ1v) is 8.14. The summed E-state index contributed by atoms with van der Waals surface area (Å²) in [5.41, 5.74) is 2.77. The molecule has 3 nitrogen and oxygen atoms in total. The van der Waals surface area contributed by atoms with Crippen molar-refractivity contribution in [2.45, 2.75) is 13.0 Å². The number of carbonyl (C=O) groups excluding carboxylic acids is 1. The topological polar surface area (TPSA) is 34.0 Å². The molecule has 20 heavy (non-hydrogen) atoms. The second-order valence-electron chi connectivity index (χ2n) is 4.61. The lowest BCUT2D eigenvalue weighted by atomic mass is 10.1. The van der Waals surface area contributed by atoms with Crippen molar-refractivity contribution in [1.82, 2.24) is 9.88 Å². The molecule has 2 aromatic rings. The molecule has 2 heterocycles. The molecule has 1 aliphatic rings. The summed E-state index contributed by atoms with van der Waals surface area (Å²) in [6.07, 6.45) is 0.825. The van der Waals surface area contributed by atoms with Crippen LogP contribution in [0.1, 0.15) is 21.6 Å². The lowest BCUT2D eigenvalue weighted by Crippen LogP contribution is -2.26. The van der Waals surface area contributed by atoms with Crippen LogP contribution in [0.25, 0.3) is 0 Å². The Balaban J connectivity index is 2.13. The van der Waals surface area contributed by atoms with Gasteiger partial charge in [-0.3, -0.25) is 9.36 Å². The normalized spacial score (nSPS) is 14.2. The Kier molecular flexibility index (Phi) is 4.04. The van der Waals surface area contributed by atoms with E-state index in [0.29, 0.717) is 10.6 Å². The number of carbonyl (C=O) groups is 1. The minimum Gasteiger partial charge on any atom is -0.312 e. The third kappa shape index (κ3) is 2.37. The molecular formula is C14H11Br2ClN2O. The molecule has 0 aliphatic carbocycles. The van der Waals surface area contributed by atoms with Gasteiger partial charge in [0.05, 0.1) is 4.47 Å². The largest absolute Gasteiger partial charge is 0.312 e. The van der Waals surface area contributed by atoms with Crippen molar-refractivity contribution >= 4 is 49.4 Å². The van der Waals surface area contributed by atoms with E-state index in [1.54, 1.807) is 28.8 Å². The van der Waals surface area contributed by atoms with Gasteiger partial charge in [0, 0.05) is 41.4 Å². The first kappa shape index (κ1) is 14.3. The predicted octanol–water partition coefficient (Wildman–Crippen LogP) is 4.00. The van der Waals surface area contributed by atoms with Crippen LogP contribution < -0.4 is 5.32 Å². The quantitative estimate of drug-likeness (QED) is 0.760. The van der Waals surface area contributed by atoms with Crippen LogP contribution in [0.4, 0.5) is 0 Å². The Hall–Kier alpha value is -0.620. The monoisotopic (exact) mass is 416 g/mol. The summed E-state index contributed by atoms with van der Waals surface area (Å²) in [7, 11) is 0. The fourth-order valence-corrected chi connectivity index (χ4v) is 3.78. The van der Waals surface area contributed by atoms with Crippen LogP contribution in [0.15, 0.2) is 33.3 Å². The number of aromatic nitrogens is 1. The molecule has 0 fully saturated rings. The van der Waals surface area contributed by atoms with Crippen LogP contribution in [0.3, 0.4) is 0 Å². The maximum Gasteiger partial charge on any atom is 0.263 e. The van der Waals surface area contributed by atoms with Crippen molar-refractivity contribution < 1.29 is 4.79 Å². The van der Waals surface area contributed by atoms with Crippen LogP contribution in [-0.4, -0.2) is 17.0 Å². The average Bonchev–Trinajstić information content (AvgIpc) is 2.71. The maximum absolute atomic E-state index is 12.7. The molecule has 1 aliphatic heterocycles. The molecular weight excluding hydrogens is 407 g/mol. The Morgan fingerprint density at radius 1 is 1.35 bits per heavy atom. The highest BCUT2D eigenvalue weighted by atomic mass is 79.9. The highest BCUT2D eigenvalue weighted by Crippen LogP contribution is 2.35. The van der Waals surface area contributed by atoms with Gasteiger partial charge in [-0.15, -0.1) is 0 Å². The second-order valence-corrected chi connectivity index (χ2v) is 6.59. The Labute approximate surface area is 138 Å². The zero-order valence-electron chi connectivity index (χ0n) is 10.4. The molecule has 1 aromatic carbocycles. The van der Waals surface area contributed by atoms with Gasteiger partial charge in [0.1, 0.15) is 4.60 Å². The molecule has 104 valence electrons. The first-order chi connectivity index (χ1) is 9.59. The van der Waals surface area contributed by atoms with Gasteiger partial charge in [-0.2, -0.15) is 0 Å². The molecule has 0 saturated carbocycles. The van der Waals surface area contributed by atoms with Crippen LogP contribution in [0.2, 0.25) is 5.02 Å². The number of nitrogens with one attached hydrogen (secondary N) is 1. The molecule has 0 atom stereocenters. The summed E-state index contributed by atoms with van der Waals surface area (Å²) in [5.74, 6) is -0.0665. The first-order valence-electron chi connectivity index (χ1n) is 6.18. The molecule has 0 saturated heterocycles. The molecule has 3 rings (SSSR count). The highest BCUT2D eigenvalue weighted by Gasteiger charge is 2.26. The van der Waals surface area contributed by atoms with Crippen molar-refractivity contribution in [2.75, 3.05) is 6.54 Å². The third-order valence-electron chi connectivity index (χ3n) is 3.38. The number of fused-ring (bicyclic) bond motifs is 1. The molecule has 6 heteroatoms. The Bertz CT molecular complexity index is 697. The van der Waals surface area contributed by atoms with Gasteiger partial charge >= 0.3 is 0 Å². The van der Waals surface area contributed by atoms with Gasteiger partial charge in [-0.1, -0.05) is 17.7 Å². The minimum atomic E-state index is -0.0665. The van der Waals surface area contributed by atoms with Crippen LogP contribution in [0, 0.1) is 0 Å². The van der Waals surface area contributed by atoms with E-state index in [4.69, 9.17) is 11.6 Å². The van der Waals surface area contributed by atoms with Crippen LogP contribution in [0.5, 0.6) is 0 Å². The summed E-state index contributed by atoms with van der Waals surface area (Å²) < 4.78 is 3.43. The average molecular weight is 419 g/mol. The highest BCUT2D eigenvalue weighted by molar-refractivity contribution is 9.13. The molecule has 0 unspecified atom stereocenters. The van der Waals surface area contributed by atoms with Crippen molar-refractivity contribution in [3.8, 4) is 0 Å².